The number of rotatable bonds is 8. The van der Waals surface area contributed by atoms with Gasteiger partial charge in [0, 0.05) is 32.9 Å². The van der Waals surface area contributed by atoms with Crippen molar-refractivity contribution in [3.8, 4) is 33.6 Å². The van der Waals surface area contributed by atoms with Crippen LogP contribution in [0.4, 0.5) is 0 Å². The lowest BCUT2D eigenvalue weighted by Crippen LogP contribution is -2.74. The number of aromatic nitrogens is 2. The van der Waals surface area contributed by atoms with Gasteiger partial charge in [0.1, 0.15) is 5.58 Å². The Kier molecular flexibility index (Phi) is 8.86. The minimum Gasteiger partial charge on any atom is -0.439 e. The number of fused-ring (bicyclic) bond motifs is 8. The molecule has 3 nitrogen and oxygen atoms in total. The van der Waals surface area contributed by atoms with E-state index >= 15 is 0 Å². The Bertz CT molecular complexity index is 3800. The molecule has 0 unspecified atom stereocenters. The monoisotopic (exact) mass is 858 g/mol. The first kappa shape index (κ1) is 38.1. The summed E-state index contributed by atoms with van der Waals surface area (Å²) in [5.41, 5.74) is 12.2. The van der Waals surface area contributed by atoms with Gasteiger partial charge in [0.15, 0.2) is 8.07 Å². The van der Waals surface area contributed by atoms with Crippen LogP contribution < -0.4 is 20.7 Å². The van der Waals surface area contributed by atoms with Crippen LogP contribution in [-0.2, 0) is 0 Å². The average molecular weight is 859 g/mol. The Morgan fingerprint density at radius 2 is 0.712 bits per heavy atom. The summed E-state index contributed by atoms with van der Waals surface area (Å²) >= 11 is 0. The van der Waals surface area contributed by atoms with Crippen molar-refractivity contribution < 1.29 is 4.42 Å². The molecule has 0 bridgehead atoms. The van der Waals surface area contributed by atoms with Gasteiger partial charge in [-0.05, 0) is 104 Å². The molecule has 0 aliphatic heterocycles. The quantitative estimate of drug-likeness (QED) is 0.110. The first-order valence-corrected chi connectivity index (χ1v) is 24.7. The summed E-state index contributed by atoms with van der Waals surface area (Å²) in [7, 11) is -2.76. The lowest BCUT2D eigenvalue weighted by Gasteiger charge is -2.34. The number of nitrogens with zero attached hydrogens (tertiary/aromatic N) is 2. The Hall–Kier alpha value is -8.44. The smallest absolute Gasteiger partial charge is 0.213 e. The van der Waals surface area contributed by atoms with Gasteiger partial charge in [-0.3, -0.25) is 4.57 Å². The average Bonchev–Trinajstić information content (AvgIpc) is 4.04. The highest BCUT2D eigenvalue weighted by Gasteiger charge is 2.41. The van der Waals surface area contributed by atoms with E-state index < -0.39 is 8.07 Å². The maximum atomic E-state index is 6.64. The molecule has 310 valence electrons. The fraction of sp³-hybridized carbons (Fsp3) is 0. The third-order valence-electron chi connectivity index (χ3n) is 13.7. The summed E-state index contributed by atoms with van der Waals surface area (Å²) in [6.45, 7) is 0. The number of furan rings is 1. The molecule has 0 aliphatic rings. The lowest BCUT2D eigenvalue weighted by molar-refractivity contribution is 0.645. The summed E-state index contributed by atoms with van der Waals surface area (Å²) in [5, 5.41) is 11.4. The van der Waals surface area contributed by atoms with Crippen LogP contribution in [-0.4, -0.2) is 17.2 Å². The van der Waals surface area contributed by atoms with E-state index in [1.165, 1.54) is 59.1 Å². The van der Waals surface area contributed by atoms with Gasteiger partial charge in [0.25, 0.3) is 0 Å². The van der Waals surface area contributed by atoms with Crippen LogP contribution in [0.2, 0.25) is 0 Å². The second-order valence-electron chi connectivity index (χ2n) is 17.2. The zero-order valence-corrected chi connectivity index (χ0v) is 37.1. The fourth-order valence-electron chi connectivity index (χ4n) is 10.7. The molecule has 3 aromatic heterocycles. The number of benzene rings is 10. The summed E-state index contributed by atoms with van der Waals surface area (Å²) in [6.07, 6.45) is 0. The molecule has 0 saturated carbocycles. The fourth-order valence-corrected chi connectivity index (χ4v) is 15.5. The van der Waals surface area contributed by atoms with E-state index in [4.69, 9.17) is 4.42 Å². The molecule has 66 heavy (non-hydrogen) atoms. The van der Waals surface area contributed by atoms with Crippen molar-refractivity contribution in [1.29, 1.82) is 0 Å². The van der Waals surface area contributed by atoms with Crippen molar-refractivity contribution in [3.05, 3.63) is 255 Å². The summed E-state index contributed by atoms with van der Waals surface area (Å²) in [6, 6.07) is 93.4. The second-order valence-corrected chi connectivity index (χ2v) is 21.1. The van der Waals surface area contributed by atoms with Gasteiger partial charge in [-0.2, -0.15) is 0 Å². The van der Waals surface area contributed by atoms with Gasteiger partial charge >= 0.3 is 0 Å². The zero-order valence-electron chi connectivity index (χ0n) is 36.1. The standard InChI is InChI=1S/C62H42N2OSi/c1-6-18-47(19-7-1)63-58-37-34-45(40-54(58)55-42-52(36-38-59(55)63)66(49-22-10-3-11-23-49,50-24-12-4-13-25-50)51-26-14-5-15-27-51)43-30-32-44(33-31-43)46-35-39-60-56(41-46)61-53-28-16-17-29-57(53)64(62(61)65-60)48-20-8-2-9-21-48/h1-42H. The van der Waals surface area contributed by atoms with Crippen molar-refractivity contribution in [1.82, 2.24) is 9.13 Å². The molecule has 0 N–H and O–H groups in total. The minimum absolute atomic E-state index is 0.870. The van der Waals surface area contributed by atoms with Crippen LogP contribution in [0.25, 0.3) is 88.4 Å². The Balaban J connectivity index is 0.958. The Labute approximate surface area is 383 Å². The number of para-hydroxylation sites is 3. The number of hydrogen-bond donors (Lipinski definition) is 0. The second kappa shape index (κ2) is 15.4. The predicted octanol–water partition coefficient (Wildman–Crippen LogP) is 13.3. The maximum Gasteiger partial charge on any atom is 0.213 e. The molecule has 0 aliphatic carbocycles. The van der Waals surface area contributed by atoms with Crippen molar-refractivity contribution in [2.45, 2.75) is 0 Å². The van der Waals surface area contributed by atoms with Crippen LogP contribution >= 0.6 is 0 Å². The summed E-state index contributed by atoms with van der Waals surface area (Å²) in [5.74, 6) is 0. The highest BCUT2D eigenvalue weighted by molar-refractivity contribution is 7.20. The summed E-state index contributed by atoms with van der Waals surface area (Å²) < 4.78 is 11.3. The maximum absolute atomic E-state index is 6.64. The van der Waals surface area contributed by atoms with E-state index in [1.54, 1.807) is 0 Å². The van der Waals surface area contributed by atoms with Gasteiger partial charge in [0.05, 0.1) is 21.9 Å². The van der Waals surface area contributed by atoms with Gasteiger partial charge in [-0.15, -0.1) is 0 Å². The van der Waals surface area contributed by atoms with E-state index in [9.17, 15) is 0 Å². The van der Waals surface area contributed by atoms with Crippen LogP contribution in [0.5, 0.6) is 0 Å². The molecule has 3 heterocycles. The van der Waals surface area contributed by atoms with Crippen molar-refractivity contribution in [2.75, 3.05) is 0 Å². The molecule has 10 aromatic carbocycles. The third kappa shape index (κ3) is 5.89. The molecule has 0 radical (unpaired) electrons. The summed E-state index contributed by atoms with van der Waals surface area (Å²) in [4.78, 5) is 0. The van der Waals surface area contributed by atoms with Crippen molar-refractivity contribution >= 4 is 83.6 Å². The third-order valence-corrected chi connectivity index (χ3v) is 18.5. The van der Waals surface area contributed by atoms with Gasteiger partial charge in [0.2, 0.25) is 5.71 Å². The molecule has 0 amide bonds. The van der Waals surface area contributed by atoms with E-state index in [2.05, 4.69) is 264 Å². The van der Waals surface area contributed by atoms with Crippen LogP contribution in [0.15, 0.2) is 259 Å². The first-order chi connectivity index (χ1) is 32.7. The molecule has 0 atom stereocenters. The van der Waals surface area contributed by atoms with E-state index in [0.29, 0.717) is 0 Å². The molecule has 13 aromatic rings. The largest absolute Gasteiger partial charge is 0.439 e. The zero-order chi connectivity index (χ0) is 43.6. The molecular formula is C62H42N2OSi. The topological polar surface area (TPSA) is 23.0 Å². The SMILES string of the molecule is c1ccc(-n2c3ccc(-c4ccc(-c5ccc6oc7c(c6c5)c5ccccc5n7-c5ccccc5)cc4)cc3c3cc([Si](c4ccccc4)(c4ccccc4)c4ccccc4)ccc32)cc1. The molecule has 13 rings (SSSR count). The molecular weight excluding hydrogens is 817 g/mol. The normalized spacial score (nSPS) is 11.9. The first-order valence-electron chi connectivity index (χ1n) is 22.7. The van der Waals surface area contributed by atoms with E-state index in [0.717, 1.165) is 50.1 Å². The highest BCUT2D eigenvalue weighted by atomic mass is 28.3. The molecule has 4 heteroatoms. The van der Waals surface area contributed by atoms with E-state index in [-0.39, 0.29) is 0 Å². The van der Waals surface area contributed by atoms with Crippen LogP contribution in [0.3, 0.4) is 0 Å². The van der Waals surface area contributed by atoms with Crippen molar-refractivity contribution in [2.24, 2.45) is 0 Å². The molecule has 0 saturated heterocycles. The lowest BCUT2D eigenvalue weighted by atomic mass is 9.98. The molecule has 0 fully saturated rings. The Morgan fingerprint density at radius 3 is 1.29 bits per heavy atom. The minimum atomic E-state index is -2.76. The predicted molar refractivity (Wildman–Crippen MR) is 279 cm³/mol. The van der Waals surface area contributed by atoms with Crippen LogP contribution in [0.1, 0.15) is 0 Å². The van der Waals surface area contributed by atoms with E-state index in [1.807, 2.05) is 0 Å². The van der Waals surface area contributed by atoms with Crippen LogP contribution in [0, 0.1) is 0 Å². The Morgan fingerprint density at radius 1 is 0.288 bits per heavy atom. The van der Waals surface area contributed by atoms with Gasteiger partial charge < -0.3 is 8.98 Å². The number of hydrogen-bond acceptors (Lipinski definition) is 1. The van der Waals surface area contributed by atoms with Gasteiger partial charge in [-0.25, -0.2) is 0 Å². The highest BCUT2D eigenvalue weighted by Crippen LogP contribution is 2.41. The van der Waals surface area contributed by atoms with Crippen molar-refractivity contribution in [3.63, 3.8) is 0 Å². The molecule has 0 spiro atoms. The van der Waals surface area contributed by atoms with Gasteiger partial charge in [-0.1, -0.05) is 194 Å².